The Morgan fingerprint density at radius 3 is 2.75 bits per heavy atom. The quantitative estimate of drug-likeness (QED) is 0.548. The largest absolute Gasteiger partial charge is 0.511 e. The number of aliphatic hydroxyl groups is 1. The monoisotopic (exact) mass is 567 g/mol. The second-order valence-corrected chi connectivity index (χ2v) is 15.5. The van der Waals surface area contributed by atoms with E-state index in [4.69, 9.17) is 0 Å². The van der Waals surface area contributed by atoms with Crippen LogP contribution in [0.2, 0.25) is 0 Å². The van der Waals surface area contributed by atoms with E-state index in [-0.39, 0.29) is 57.1 Å². The Morgan fingerprint density at radius 1 is 1.25 bits per heavy atom. The molecule has 0 radical (unpaired) electrons. The Balaban J connectivity index is 1.40. The third-order valence-electron chi connectivity index (χ3n) is 7.71. The molecule has 2 aromatic rings. The van der Waals surface area contributed by atoms with Gasteiger partial charge in [0.2, 0.25) is 0 Å². The van der Waals surface area contributed by atoms with Gasteiger partial charge in [-0.1, -0.05) is 0 Å². The van der Waals surface area contributed by atoms with Crippen LogP contribution in [0.5, 0.6) is 0 Å². The molecule has 2 unspecified atom stereocenters. The van der Waals surface area contributed by atoms with Crippen molar-refractivity contribution >= 4 is 59.3 Å². The first-order valence-electron chi connectivity index (χ1n) is 11.7. The maximum Gasteiger partial charge on any atom is 0.287 e. The average Bonchev–Trinajstić information content (AvgIpc) is 3.58. The van der Waals surface area contributed by atoms with E-state index in [1.165, 1.54) is 0 Å². The van der Waals surface area contributed by atoms with Gasteiger partial charge in [-0.05, 0) is 70.9 Å². The van der Waals surface area contributed by atoms with Gasteiger partial charge in [0.15, 0.2) is 5.84 Å². The first kappa shape index (κ1) is 24.1. The van der Waals surface area contributed by atoms with E-state index < -0.39 is 25.8 Å². The minimum absolute atomic E-state index is 0.0462. The van der Waals surface area contributed by atoms with Gasteiger partial charge >= 0.3 is 0 Å². The number of hydrogen-bond acceptors (Lipinski definition) is 9. The lowest BCUT2D eigenvalue weighted by Crippen LogP contribution is -2.53. The molecular formula is C23H25N3O6S4. The highest BCUT2D eigenvalue weighted by molar-refractivity contribution is 7.91. The molecule has 2 bridgehead atoms. The molecule has 36 heavy (non-hydrogen) atoms. The van der Waals surface area contributed by atoms with Gasteiger partial charge in [-0.25, -0.2) is 8.42 Å². The van der Waals surface area contributed by atoms with Crippen molar-refractivity contribution in [1.82, 2.24) is 4.90 Å². The molecule has 2 N–H and O–H groups in total. The summed E-state index contributed by atoms with van der Waals surface area (Å²) in [6.45, 7) is 0.392. The van der Waals surface area contributed by atoms with Gasteiger partial charge in [-0.3, -0.25) is 4.79 Å². The first-order chi connectivity index (χ1) is 17.0. The number of rotatable bonds is 6. The summed E-state index contributed by atoms with van der Waals surface area (Å²) >= 11 is 2.67. The number of nitrogens with zero attached hydrogens (tertiary/aromatic N) is 2. The molecule has 6 rings (SSSR count). The van der Waals surface area contributed by atoms with Gasteiger partial charge in [0, 0.05) is 24.8 Å². The SMILES string of the molecule is CS(=O)(=O)CCc1csc2c1S(=O)(=O)N=C(C1=C(O)C3C([C@@H]4CC[C@H]3C4)N(Cc3ccsc3)C1=O)N2. The number of sulfone groups is 1. The summed E-state index contributed by atoms with van der Waals surface area (Å²) < 4.78 is 53.6. The van der Waals surface area contributed by atoms with E-state index in [0.29, 0.717) is 18.0 Å². The molecule has 4 aliphatic rings. The Hall–Kier alpha value is -2.22. The van der Waals surface area contributed by atoms with E-state index in [1.54, 1.807) is 21.6 Å². The fraction of sp³-hybridized carbons (Fsp3) is 0.478. The van der Waals surface area contributed by atoms with E-state index in [9.17, 15) is 26.7 Å². The van der Waals surface area contributed by atoms with Gasteiger partial charge in [0.25, 0.3) is 15.9 Å². The van der Waals surface area contributed by atoms with Gasteiger partial charge in [-0.15, -0.1) is 15.7 Å². The van der Waals surface area contributed by atoms with Crippen molar-refractivity contribution in [1.29, 1.82) is 0 Å². The number of aliphatic hydroxyl groups excluding tert-OH is 1. The number of thiophene rings is 2. The third-order valence-corrected chi connectivity index (χ3v) is 11.9. The standard InChI is InChI=1S/C23H25N3O6S4/c1-35(29,30)7-5-15-11-34-22-20(15)36(31,32)25-21(24-22)17-19(27)16-13-2-3-14(8-13)18(16)26(23(17)28)9-12-4-6-33-10-12/h4,6,10-11,13-14,16,18,27H,2-3,5,7-9H2,1H3,(H,24,25)/t13-,14+,16?,18?/m0/s1. The maximum atomic E-state index is 13.9. The zero-order valence-electron chi connectivity index (χ0n) is 19.4. The molecule has 4 heterocycles. The average molecular weight is 568 g/mol. The molecule has 2 fully saturated rings. The summed E-state index contributed by atoms with van der Waals surface area (Å²) in [7, 11) is -7.50. The highest BCUT2D eigenvalue weighted by Gasteiger charge is 2.57. The highest BCUT2D eigenvalue weighted by Crippen LogP contribution is 2.55. The number of carbonyl (C=O) groups excluding carboxylic acids is 1. The Labute approximate surface area is 217 Å². The van der Waals surface area contributed by atoms with E-state index >= 15 is 0 Å². The molecule has 2 aliphatic heterocycles. The number of carbonyl (C=O) groups is 1. The minimum atomic E-state index is -4.22. The molecule has 0 spiro atoms. The van der Waals surface area contributed by atoms with Crippen molar-refractivity contribution < 1.29 is 26.7 Å². The summed E-state index contributed by atoms with van der Waals surface area (Å²) in [6, 6.07) is 1.86. The molecule has 1 amide bonds. The normalized spacial score (nSPS) is 28.6. The first-order valence-corrected chi connectivity index (χ1v) is 17.0. The predicted octanol–water partition coefficient (Wildman–Crippen LogP) is 3.18. The number of amidine groups is 1. The molecule has 0 aromatic carbocycles. The molecule has 192 valence electrons. The predicted molar refractivity (Wildman–Crippen MR) is 139 cm³/mol. The van der Waals surface area contributed by atoms with Gasteiger partial charge in [0.05, 0.1) is 5.75 Å². The van der Waals surface area contributed by atoms with Crippen LogP contribution in [0.15, 0.2) is 42.8 Å². The lowest BCUT2D eigenvalue weighted by Gasteiger charge is -2.44. The molecule has 2 aliphatic carbocycles. The lowest BCUT2D eigenvalue weighted by molar-refractivity contribution is -0.134. The second kappa shape index (κ2) is 8.40. The summed E-state index contributed by atoms with van der Waals surface area (Å²) in [4.78, 5) is 15.6. The fourth-order valence-corrected chi connectivity index (χ4v) is 10.2. The van der Waals surface area contributed by atoms with Gasteiger partial charge in [0.1, 0.15) is 31.1 Å². The number of hydrogen-bond donors (Lipinski definition) is 2. The maximum absolute atomic E-state index is 13.9. The minimum Gasteiger partial charge on any atom is -0.511 e. The zero-order chi connectivity index (χ0) is 25.4. The third kappa shape index (κ3) is 3.91. The summed E-state index contributed by atoms with van der Waals surface area (Å²) in [5.74, 6) is -0.527. The second-order valence-electron chi connectivity index (χ2n) is 10.0. The van der Waals surface area contributed by atoms with Crippen LogP contribution in [0.4, 0.5) is 5.00 Å². The molecular weight excluding hydrogens is 543 g/mol. The Kier molecular flexibility index (Phi) is 5.63. The van der Waals surface area contributed by atoms with Crippen molar-refractivity contribution in [3.05, 3.63) is 44.7 Å². The fourth-order valence-electron chi connectivity index (χ4n) is 6.25. The van der Waals surface area contributed by atoms with E-state index in [2.05, 4.69) is 9.71 Å². The summed E-state index contributed by atoms with van der Waals surface area (Å²) in [5, 5.41) is 20.2. The number of aryl methyl sites for hydroxylation is 1. The number of fused-ring (bicyclic) bond motifs is 6. The van der Waals surface area contributed by atoms with Crippen molar-refractivity contribution in [3.8, 4) is 0 Å². The van der Waals surface area contributed by atoms with Crippen molar-refractivity contribution in [2.45, 2.75) is 43.2 Å². The van der Waals surface area contributed by atoms with Crippen LogP contribution in [-0.4, -0.2) is 56.6 Å². The van der Waals surface area contributed by atoms with Crippen LogP contribution in [0.25, 0.3) is 0 Å². The van der Waals surface area contributed by atoms with Crippen LogP contribution >= 0.6 is 22.7 Å². The van der Waals surface area contributed by atoms with Crippen LogP contribution in [0.1, 0.15) is 30.4 Å². The zero-order valence-corrected chi connectivity index (χ0v) is 22.6. The topological polar surface area (TPSA) is 133 Å². The number of anilines is 1. The van der Waals surface area contributed by atoms with E-state index in [1.807, 2.05) is 16.8 Å². The summed E-state index contributed by atoms with van der Waals surface area (Å²) in [6.07, 6.45) is 4.08. The molecule has 4 atom stereocenters. The summed E-state index contributed by atoms with van der Waals surface area (Å²) in [5.41, 5.74) is 1.29. The molecule has 2 saturated carbocycles. The van der Waals surface area contributed by atoms with Crippen molar-refractivity contribution in [2.75, 3.05) is 17.3 Å². The van der Waals surface area contributed by atoms with Crippen molar-refractivity contribution in [2.24, 2.45) is 22.2 Å². The lowest BCUT2D eigenvalue weighted by atomic mass is 9.77. The number of nitrogens with one attached hydrogen (secondary N) is 1. The highest BCUT2D eigenvalue weighted by atomic mass is 32.2. The molecule has 9 nitrogen and oxygen atoms in total. The number of amides is 1. The van der Waals surface area contributed by atoms with Crippen molar-refractivity contribution in [3.63, 3.8) is 0 Å². The molecule has 0 saturated heterocycles. The van der Waals surface area contributed by atoms with Crippen LogP contribution in [0.3, 0.4) is 0 Å². The number of sulfonamides is 1. The van der Waals surface area contributed by atoms with Crippen LogP contribution in [-0.2, 0) is 37.6 Å². The molecule has 2 aromatic heterocycles. The van der Waals surface area contributed by atoms with Gasteiger partial charge < -0.3 is 15.3 Å². The Morgan fingerprint density at radius 2 is 2.03 bits per heavy atom. The Bertz CT molecular complexity index is 1520. The molecule has 13 heteroatoms. The van der Waals surface area contributed by atoms with Crippen LogP contribution in [0, 0.1) is 17.8 Å². The van der Waals surface area contributed by atoms with E-state index in [0.717, 1.165) is 42.4 Å². The smallest absolute Gasteiger partial charge is 0.287 e. The van der Waals surface area contributed by atoms with Gasteiger partial charge in [-0.2, -0.15) is 19.8 Å². The van der Waals surface area contributed by atoms with Crippen LogP contribution < -0.4 is 5.32 Å².